The standard InChI is InChI=1S/C48H29N3O/c1-3-13-30(14-4-1)32-17-11-18-33(27-32)41-28-42(51-47(50-41)31-15-5-2-6-16-31)35-21-12-22-37-44-36-20-8-10-24-43(36)52-46(44)48(45(35)37)39-23-9-7-19-34(39)38-29-49-26-25-40(38)48/h1-29H. The number of rotatable bonds is 4. The predicted octanol–water partition coefficient (Wildman–Crippen LogP) is 11.6. The third-order valence-electron chi connectivity index (χ3n) is 10.8. The van der Waals surface area contributed by atoms with Crippen LogP contribution in [-0.4, -0.2) is 15.0 Å². The smallest absolute Gasteiger partial charge is 0.160 e. The molecule has 4 nitrogen and oxygen atoms in total. The Morgan fingerprint density at radius 1 is 0.462 bits per heavy atom. The molecule has 1 spiro atoms. The van der Waals surface area contributed by atoms with Crippen molar-refractivity contribution in [2.75, 3.05) is 0 Å². The van der Waals surface area contributed by atoms with E-state index in [0.717, 1.165) is 67.1 Å². The largest absolute Gasteiger partial charge is 0.459 e. The van der Waals surface area contributed by atoms with Crippen molar-refractivity contribution in [2.24, 2.45) is 0 Å². The molecule has 0 saturated carbocycles. The van der Waals surface area contributed by atoms with Crippen molar-refractivity contribution in [3.63, 3.8) is 0 Å². The molecular formula is C48H29N3O. The minimum absolute atomic E-state index is 0.682. The summed E-state index contributed by atoms with van der Waals surface area (Å²) >= 11 is 0. The van der Waals surface area contributed by atoms with Gasteiger partial charge < -0.3 is 4.42 Å². The normalized spacial score (nSPS) is 15.0. The highest BCUT2D eigenvalue weighted by Gasteiger charge is 2.56. The van der Waals surface area contributed by atoms with Crippen LogP contribution in [0.15, 0.2) is 181 Å². The summed E-state index contributed by atoms with van der Waals surface area (Å²) < 4.78 is 7.02. The van der Waals surface area contributed by atoms with Gasteiger partial charge in [0.15, 0.2) is 5.82 Å². The molecule has 242 valence electrons. The van der Waals surface area contributed by atoms with Gasteiger partial charge in [0.2, 0.25) is 0 Å². The molecule has 0 amide bonds. The highest BCUT2D eigenvalue weighted by atomic mass is 16.3. The molecule has 2 aliphatic rings. The first-order valence-corrected chi connectivity index (χ1v) is 17.6. The number of nitrogens with zero attached hydrogens (tertiary/aromatic N) is 3. The molecule has 3 heterocycles. The average molecular weight is 664 g/mol. The molecule has 0 bridgehead atoms. The van der Waals surface area contributed by atoms with E-state index in [2.05, 4.69) is 138 Å². The second kappa shape index (κ2) is 11.0. The quantitative estimate of drug-likeness (QED) is 0.188. The van der Waals surface area contributed by atoms with E-state index in [9.17, 15) is 0 Å². The Labute approximate surface area is 300 Å². The number of hydrogen-bond donors (Lipinski definition) is 0. The van der Waals surface area contributed by atoms with E-state index in [1.54, 1.807) is 0 Å². The molecule has 0 saturated heterocycles. The van der Waals surface area contributed by atoms with Crippen molar-refractivity contribution >= 4 is 11.0 Å². The number of para-hydroxylation sites is 1. The van der Waals surface area contributed by atoms with Crippen LogP contribution in [0.1, 0.15) is 22.5 Å². The lowest BCUT2D eigenvalue weighted by molar-refractivity contribution is 0.507. The SMILES string of the molecule is c1ccc(-c2cccc(-c3cc(-c4cccc5c4C4(c6ccccc6-c6cnccc64)c4oc6ccccc6c4-5)nc(-c4ccccc4)n3)c2)cc1. The average Bonchev–Trinajstić information content (AvgIpc) is 3.85. The predicted molar refractivity (Wildman–Crippen MR) is 208 cm³/mol. The van der Waals surface area contributed by atoms with Crippen LogP contribution in [-0.2, 0) is 5.41 Å². The van der Waals surface area contributed by atoms with Crippen LogP contribution in [0.4, 0.5) is 0 Å². The molecule has 52 heavy (non-hydrogen) atoms. The van der Waals surface area contributed by atoms with Gasteiger partial charge in [-0.05, 0) is 63.2 Å². The van der Waals surface area contributed by atoms with Crippen LogP contribution in [0.5, 0.6) is 0 Å². The van der Waals surface area contributed by atoms with Crippen molar-refractivity contribution in [1.29, 1.82) is 0 Å². The zero-order valence-corrected chi connectivity index (χ0v) is 28.0. The first-order valence-electron chi connectivity index (χ1n) is 17.6. The summed E-state index contributed by atoms with van der Waals surface area (Å²) in [4.78, 5) is 15.2. The Hall–Kier alpha value is -6.91. The zero-order valence-electron chi connectivity index (χ0n) is 28.0. The number of hydrogen-bond acceptors (Lipinski definition) is 4. The van der Waals surface area contributed by atoms with Crippen LogP contribution < -0.4 is 0 Å². The second-order valence-corrected chi connectivity index (χ2v) is 13.5. The molecule has 11 rings (SSSR count). The third-order valence-corrected chi connectivity index (χ3v) is 10.8. The van der Waals surface area contributed by atoms with Gasteiger partial charge in [0.05, 0.1) is 11.4 Å². The fraction of sp³-hybridized carbons (Fsp3) is 0.0208. The molecule has 2 aliphatic carbocycles. The summed E-state index contributed by atoms with van der Waals surface area (Å²) in [5, 5.41) is 1.11. The lowest BCUT2D eigenvalue weighted by Crippen LogP contribution is -2.26. The highest BCUT2D eigenvalue weighted by Crippen LogP contribution is 2.66. The Kier molecular flexibility index (Phi) is 6.13. The maximum atomic E-state index is 7.02. The molecule has 0 radical (unpaired) electrons. The van der Waals surface area contributed by atoms with E-state index in [1.807, 2.05) is 42.7 Å². The third kappa shape index (κ3) is 4.00. The fourth-order valence-corrected chi connectivity index (χ4v) is 8.65. The molecule has 3 aromatic heterocycles. The number of furan rings is 1. The van der Waals surface area contributed by atoms with Gasteiger partial charge in [-0.3, -0.25) is 4.98 Å². The van der Waals surface area contributed by atoms with Crippen molar-refractivity contribution in [1.82, 2.24) is 15.0 Å². The fourth-order valence-electron chi connectivity index (χ4n) is 8.65. The minimum Gasteiger partial charge on any atom is -0.459 e. The van der Waals surface area contributed by atoms with Crippen LogP contribution in [0.3, 0.4) is 0 Å². The van der Waals surface area contributed by atoms with E-state index in [-0.39, 0.29) is 0 Å². The van der Waals surface area contributed by atoms with Gasteiger partial charge in [0.1, 0.15) is 16.8 Å². The van der Waals surface area contributed by atoms with Crippen molar-refractivity contribution in [3.8, 4) is 67.3 Å². The van der Waals surface area contributed by atoms with Gasteiger partial charge in [-0.2, -0.15) is 0 Å². The van der Waals surface area contributed by atoms with Gasteiger partial charge in [-0.15, -0.1) is 0 Å². The highest BCUT2D eigenvalue weighted by molar-refractivity contribution is 6.06. The van der Waals surface area contributed by atoms with Gasteiger partial charge in [0, 0.05) is 45.6 Å². The van der Waals surface area contributed by atoms with Crippen LogP contribution >= 0.6 is 0 Å². The van der Waals surface area contributed by atoms with Gasteiger partial charge in [0.25, 0.3) is 0 Å². The van der Waals surface area contributed by atoms with Gasteiger partial charge in [-0.25, -0.2) is 9.97 Å². The molecular weight excluding hydrogens is 635 g/mol. The maximum absolute atomic E-state index is 7.02. The summed E-state index contributed by atoms with van der Waals surface area (Å²) in [7, 11) is 0. The molecule has 0 N–H and O–H groups in total. The van der Waals surface area contributed by atoms with Crippen LogP contribution in [0.2, 0.25) is 0 Å². The molecule has 9 aromatic rings. The number of fused-ring (bicyclic) bond motifs is 12. The summed E-state index contributed by atoms with van der Waals surface area (Å²) in [6.07, 6.45) is 3.91. The lowest BCUT2D eigenvalue weighted by atomic mass is 9.71. The summed E-state index contributed by atoms with van der Waals surface area (Å²) in [6, 6.07) is 57.5. The van der Waals surface area contributed by atoms with E-state index in [1.165, 1.54) is 27.8 Å². The molecule has 1 unspecified atom stereocenters. The Bertz CT molecular complexity index is 2810. The Morgan fingerprint density at radius 3 is 2.00 bits per heavy atom. The van der Waals surface area contributed by atoms with Gasteiger partial charge in [-0.1, -0.05) is 140 Å². The zero-order chi connectivity index (χ0) is 34.2. The van der Waals surface area contributed by atoms with Crippen LogP contribution in [0.25, 0.3) is 78.3 Å². The Balaban J connectivity index is 1.23. The lowest BCUT2D eigenvalue weighted by Gasteiger charge is -2.30. The number of aromatic nitrogens is 3. The first-order chi connectivity index (χ1) is 25.8. The maximum Gasteiger partial charge on any atom is 0.160 e. The summed E-state index contributed by atoms with van der Waals surface area (Å²) in [6.45, 7) is 0. The number of benzene rings is 6. The van der Waals surface area contributed by atoms with E-state index in [4.69, 9.17) is 14.4 Å². The van der Waals surface area contributed by atoms with Gasteiger partial charge >= 0.3 is 0 Å². The van der Waals surface area contributed by atoms with E-state index < -0.39 is 5.41 Å². The van der Waals surface area contributed by atoms with Crippen molar-refractivity contribution in [3.05, 3.63) is 199 Å². The molecule has 1 atom stereocenters. The van der Waals surface area contributed by atoms with Crippen molar-refractivity contribution in [2.45, 2.75) is 5.41 Å². The van der Waals surface area contributed by atoms with E-state index >= 15 is 0 Å². The number of pyridine rings is 1. The summed E-state index contributed by atoms with van der Waals surface area (Å²) in [5.74, 6) is 1.63. The molecule has 4 heteroatoms. The molecule has 0 aliphatic heterocycles. The molecule has 6 aromatic carbocycles. The van der Waals surface area contributed by atoms with Crippen molar-refractivity contribution < 1.29 is 4.42 Å². The second-order valence-electron chi connectivity index (χ2n) is 13.5. The minimum atomic E-state index is -0.708. The summed E-state index contributed by atoms with van der Waals surface area (Å²) in [5.41, 5.74) is 15.4. The Morgan fingerprint density at radius 2 is 1.12 bits per heavy atom. The van der Waals surface area contributed by atoms with E-state index in [0.29, 0.717) is 5.82 Å². The monoisotopic (exact) mass is 663 g/mol. The molecule has 0 fully saturated rings. The van der Waals surface area contributed by atoms with Crippen LogP contribution in [0, 0.1) is 0 Å². The first kappa shape index (κ1) is 28.9. The topological polar surface area (TPSA) is 51.8 Å².